The summed E-state index contributed by atoms with van der Waals surface area (Å²) in [6, 6.07) is 6.88. The van der Waals surface area contributed by atoms with Gasteiger partial charge in [0.25, 0.3) is 0 Å². The molecule has 24 heavy (non-hydrogen) atoms. The smallest absolute Gasteiger partial charge is 0.471 e. The summed E-state index contributed by atoms with van der Waals surface area (Å²) in [5.41, 5.74) is 0.788. The van der Waals surface area contributed by atoms with Crippen molar-refractivity contribution < 1.29 is 27.5 Å². The molecule has 1 saturated heterocycles. The maximum atomic E-state index is 12.4. The minimum atomic E-state index is -4.84. The van der Waals surface area contributed by atoms with E-state index in [9.17, 15) is 22.8 Å². The lowest BCUT2D eigenvalue weighted by Gasteiger charge is -2.32. The van der Waals surface area contributed by atoms with Crippen molar-refractivity contribution in [2.24, 2.45) is 0 Å². The third-order valence-electron chi connectivity index (χ3n) is 3.89. The van der Waals surface area contributed by atoms with Crippen LogP contribution in [-0.2, 0) is 16.0 Å². The minimum Gasteiger partial charge on any atom is -0.497 e. The largest absolute Gasteiger partial charge is 0.497 e. The molecule has 0 radical (unpaired) electrons. The molecule has 1 aliphatic heterocycles. The van der Waals surface area contributed by atoms with Crippen LogP contribution in [0.2, 0.25) is 0 Å². The molecule has 1 aromatic rings. The number of methoxy groups -OCH3 is 1. The Morgan fingerprint density at radius 2 is 1.96 bits per heavy atom. The molecule has 5 nitrogen and oxygen atoms in total. The first-order chi connectivity index (χ1) is 11.3. The summed E-state index contributed by atoms with van der Waals surface area (Å²) < 4.78 is 42.2. The summed E-state index contributed by atoms with van der Waals surface area (Å²) in [6.07, 6.45) is -4.06. The number of hydrogen-bond donors (Lipinski definition) is 1. The average molecular weight is 344 g/mol. The first-order valence-electron chi connectivity index (χ1n) is 7.58. The van der Waals surface area contributed by atoms with E-state index < -0.39 is 12.1 Å². The third kappa shape index (κ3) is 4.87. The molecule has 0 saturated carbocycles. The molecule has 1 N–H and O–H groups in total. The molecule has 1 aromatic carbocycles. The van der Waals surface area contributed by atoms with Crippen LogP contribution in [0.1, 0.15) is 18.4 Å². The Morgan fingerprint density at radius 1 is 1.29 bits per heavy atom. The predicted molar refractivity (Wildman–Crippen MR) is 80.5 cm³/mol. The number of carbonyl (C=O) groups excluding carboxylic acids is 2. The lowest BCUT2D eigenvalue weighted by Crippen LogP contribution is -2.50. The molecule has 8 heteroatoms. The van der Waals surface area contributed by atoms with E-state index in [-0.39, 0.29) is 31.5 Å². The highest BCUT2D eigenvalue weighted by Crippen LogP contribution is 2.21. The number of rotatable bonds is 4. The van der Waals surface area contributed by atoms with E-state index in [1.807, 2.05) is 0 Å². The summed E-state index contributed by atoms with van der Waals surface area (Å²) in [4.78, 5) is 24.0. The molecule has 2 rings (SSSR count). The zero-order valence-corrected chi connectivity index (χ0v) is 13.2. The number of halogens is 3. The molecule has 0 aliphatic carbocycles. The number of alkyl halides is 3. The Bertz CT molecular complexity index is 596. The van der Waals surface area contributed by atoms with Gasteiger partial charge in [0.1, 0.15) is 5.75 Å². The Balaban J connectivity index is 1.81. The number of ether oxygens (including phenoxy) is 1. The lowest BCUT2D eigenvalue weighted by atomic mass is 10.0. The monoisotopic (exact) mass is 344 g/mol. The van der Waals surface area contributed by atoms with E-state index >= 15 is 0 Å². The number of carbonyl (C=O) groups is 2. The van der Waals surface area contributed by atoms with Gasteiger partial charge in [-0.05, 0) is 30.5 Å². The van der Waals surface area contributed by atoms with Crippen molar-refractivity contribution in [2.45, 2.75) is 31.5 Å². The molecule has 132 valence electrons. The Morgan fingerprint density at radius 3 is 2.54 bits per heavy atom. The molecule has 1 fully saturated rings. The fourth-order valence-corrected chi connectivity index (χ4v) is 2.65. The van der Waals surface area contributed by atoms with Crippen LogP contribution in [0.3, 0.4) is 0 Å². The van der Waals surface area contributed by atoms with Gasteiger partial charge < -0.3 is 15.0 Å². The van der Waals surface area contributed by atoms with Crippen molar-refractivity contribution >= 4 is 11.8 Å². The second-order valence-corrected chi connectivity index (χ2v) is 5.66. The van der Waals surface area contributed by atoms with Gasteiger partial charge in [-0.25, -0.2) is 0 Å². The van der Waals surface area contributed by atoms with Gasteiger partial charge in [-0.2, -0.15) is 13.2 Å². The maximum absolute atomic E-state index is 12.4. The second-order valence-electron chi connectivity index (χ2n) is 5.66. The zero-order valence-electron chi connectivity index (χ0n) is 13.2. The SMILES string of the molecule is COc1cccc(CC(=O)NC2CCN(C(=O)C(F)(F)F)CC2)c1. The van der Waals surface area contributed by atoms with E-state index in [1.54, 1.807) is 24.3 Å². The van der Waals surface area contributed by atoms with Crippen LogP contribution >= 0.6 is 0 Å². The summed E-state index contributed by atoms with van der Waals surface area (Å²) in [5, 5.41) is 2.80. The van der Waals surface area contributed by atoms with Crippen LogP contribution in [0, 0.1) is 0 Å². The highest BCUT2D eigenvalue weighted by Gasteiger charge is 2.43. The molecular formula is C16H19F3N2O3. The van der Waals surface area contributed by atoms with Gasteiger partial charge >= 0.3 is 12.1 Å². The molecule has 0 bridgehead atoms. The topological polar surface area (TPSA) is 58.6 Å². The van der Waals surface area contributed by atoms with Crippen LogP contribution in [0.15, 0.2) is 24.3 Å². The molecule has 0 aromatic heterocycles. The standard InChI is InChI=1S/C16H19F3N2O3/c1-24-13-4-2-3-11(9-13)10-14(22)20-12-5-7-21(8-6-12)15(23)16(17,18)19/h2-4,9,12H,5-8,10H2,1H3,(H,20,22). The normalized spacial score (nSPS) is 15.9. The van der Waals surface area contributed by atoms with Gasteiger partial charge in [0.15, 0.2) is 0 Å². The van der Waals surface area contributed by atoms with Crippen molar-refractivity contribution in [3.05, 3.63) is 29.8 Å². The number of piperidine rings is 1. The molecule has 0 spiro atoms. The van der Waals surface area contributed by atoms with Crippen molar-refractivity contribution in [3.63, 3.8) is 0 Å². The number of benzene rings is 1. The van der Waals surface area contributed by atoms with Crippen LogP contribution in [-0.4, -0.2) is 49.1 Å². The number of nitrogens with zero attached hydrogens (tertiary/aromatic N) is 1. The molecule has 1 heterocycles. The Hall–Kier alpha value is -2.25. The fraction of sp³-hybridized carbons (Fsp3) is 0.500. The number of likely N-dealkylation sites (tertiary alicyclic amines) is 1. The predicted octanol–water partition coefficient (Wildman–Crippen LogP) is 1.91. The van der Waals surface area contributed by atoms with Crippen LogP contribution in [0.4, 0.5) is 13.2 Å². The van der Waals surface area contributed by atoms with Gasteiger partial charge in [-0.1, -0.05) is 12.1 Å². The molecule has 0 atom stereocenters. The highest BCUT2D eigenvalue weighted by atomic mass is 19.4. The van der Waals surface area contributed by atoms with Gasteiger partial charge in [0.05, 0.1) is 13.5 Å². The van der Waals surface area contributed by atoms with Crippen LogP contribution in [0.5, 0.6) is 5.75 Å². The van der Waals surface area contributed by atoms with Crippen LogP contribution in [0.25, 0.3) is 0 Å². The Labute approximate surface area is 137 Å². The highest BCUT2D eigenvalue weighted by molar-refractivity contribution is 5.82. The number of amides is 2. The lowest BCUT2D eigenvalue weighted by molar-refractivity contribution is -0.186. The summed E-state index contributed by atoms with van der Waals surface area (Å²) in [7, 11) is 1.54. The third-order valence-corrected chi connectivity index (χ3v) is 3.89. The Kier molecular flexibility index (Phi) is 5.69. The van der Waals surface area contributed by atoms with Gasteiger partial charge in [0.2, 0.25) is 5.91 Å². The van der Waals surface area contributed by atoms with Crippen molar-refractivity contribution in [1.82, 2.24) is 10.2 Å². The summed E-state index contributed by atoms with van der Waals surface area (Å²) >= 11 is 0. The molecular weight excluding hydrogens is 325 g/mol. The van der Waals surface area contributed by atoms with Crippen LogP contribution < -0.4 is 10.1 Å². The van der Waals surface area contributed by atoms with Gasteiger partial charge in [-0.15, -0.1) is 0 Å². The number of nitrogens with one attached hydrogen (secondary N) is 1. The van der Waals surface area contributed by atoms with Crippen molar-refractivity contribution in [1.29, 1.82) is 0 Å². The van der Waals surface area contributed by atoms with Crippen molar-refractivity contribution in [2.75, 3.05) is 20.2 Å². The summed E-state index contributed by atoms with van der Waals surface area (Å²) in [6.45, 7) is -0.0229. The van der Waals surface area contributed by atoms with E-state index in [1.165, 1.54) is 7.11 Å². The van der Waals surface area contributed by atoms with Crippen molar-refractivity contribution in [3.8, 4) is 5.75 Å². The first-order valence-corrected chi connectivity index (χ1v) is 7.58. The van der Waals surface area contributed by atoms with E-state index in [0.717, 1.165) is 10.5 Å². The average Bonchev–Trinajstić information content (AvgIpc) is 2.54. The first kappa shape index (κ1) is 18.1. The summed E-state index contributed by atoms with van der Waals surface area (Å²) in [5.74, 6) is -1.37. The quantitative estimate of drug-likeness (QED) is 0.908. The van der Waals surface area contributed by atoms with E-state index in [0.29, 0.717) is 18.6 Å². The maximum Gasteiger partial charge on any atom is 0.471 e. The molecule has 2 amide bonds. The second kappa shape index (κ2) is 7.55. The minimum absolute atomic E-state index is 0.0115. The molecule has 1 aliphatic rings. The van der Waals surface area contributed by atoms with Gasteiger partial charge in [-0.3, -0.25) is 9.59 Å². The zero-order chi connectivity index (χ0) is 17.7. The fourth-order valence-electron chi connectivity index (χ4n) is 2.65. The molecule has 0 unspecified atom stereocenters. The van der Waals surface area contributed by atoms with E-state index in [2.05, 4.69) is 5.32 Å². The van der Waals surface area contributed by atoms with Gasteiger partial charge in [0, 0.05) is 19.1 Å². The van der Waals surface area contributed by atoms with E-state index in [4.69, 9.17) is 4.74 Å². The number of hydrogen-bond acceptors (Lipinski definition) is 3.